The number of non-ortho nitro benzene ring substituents is 1. The number of anilines is 1. The van der Waals surface area contributed by atoms with E-state index in [9.17, 15) is 19.7 Å². The Kier molecular flexibility index (Phi) is 5.45. The molecule has 0 aliphatic heterocycles. The van der Waals surface area contributed by atoms with E-state index in [1.807, 2.05) is 0 Å². The summed E-state index contributed by atoms with van der Waals surface area (Å²) in [6.45, 7) is 5.26. The first-order valence-corrected chi connectivity index (χ1v) is 8.71. The van der Waals surface area contributed by atoms with Crippen LogP contribution in [-0.2, 0) is 0 Å². The highest BCUT2D eigenvalue weighted by Crippen LogP contribution is 2.24. The molecule has 1 aromatic heterocycles. The van der Waals surface area contributed by atoms with Crippen molar-refractivity contribution in [2.75, 3.05) is 5.32 Å². The second kappa shape index (κ2) is 7.97. The smallest absolute Gasteiger partial charge is 0.347 e. The number of carbonyl (C=O) groups excluding carboxylic acids is 2. The van der Waals surface area contributed by atoms with Crippen LogP contribution in [-0.4, -0.2) is 16.8 Å². The molecule has 29 heavy (non-hydrogen) atoms. The van der Waals surface area contributed by atoms with Crippen LogP contribution in [0.4, 0.5) is 11.4 Å². The molecule has 8 nitrogen and oxygen atoms in total. The van der Waals surface area contributed by atoms with E-state index in [1.165, 1.54) is 24.3 Å². The van der Waals surface area contributed by atoms with Crippen molar-refractivity contribution in [2.24, 2.45) is 0 Å². The van der Waals surface area contributed by atoms with Crippen LogP contribution in [0.3, 0.4) is 0 Å². The van der Waals surface area contributed by atoms with Crippen molar-refractivity contribution in [3.63, 3.8) is 0 Å². The summed E-state index contributed by atoms with van der Waals surface area (Å²) < 4.78 is 10.8. The lowest BCUT2D eigenvalue weighted by Gasteiger charge is -2.08. The number of ether oxygens (including phenoxy) is 1. The van der Waals surface area contributed by atoms with Gasteiger partial charge in [-0.2, -0.15) is 0 Å². The Labute approximate surface area is 166 Å². The average molecular weight is 394 g/mol. The van der Waals surface area contributed by atoms with Crippen molar-refractivity contribution in [3.05, 3.63) is 86.9 Å². The van der Waals surface area contributed by atoms with Gasteiger partial charge in [0.25, 0.3) is 11.6 Å². The maximum Gasteiger partial charge on any atom is 0.347 e. The van der Waals surface area contributed by atoms with E-state index in [4.69, 9.17) is 9.15 Å². The first kappa shape index (κ1) is 19.8. The number of amides is 1. The molecule has 0 aliphatic rings. The highest BCUT2D eigenvalue weighted by molar-refractivity contribution is 6.04. The molecule has 2 aromatic carbocycles. The highest BCUT2D eigenvalue weighted by Gasteiger charge is 2.20. The molecule has 0 saturated carbocycles. The Balaban J connectivity index is 1.69. The van der Waals surface area contributed by atoms with Gasteiger partial charge >= 0.3 is 5.97 Å². The minimum Gasteiger partial charge on any atom is -0.465 e. The normalized spacial score (nSPS) is 10.4. The Hall–Kier alpha value is -3.94. The lowest BCUT2D eigenvalue weighted by atomic mass is 10.1. The molecular formula is C21H18N2O6. The molecule has 148 valence electrons. The van der Waals surface area contributed by atoms with Crippen molar-refractivity contribution < 1.29 is 23.7 Å². The van der Waals surface area contributed by atoms with Gasteiger partial charge < -0.3 is 14.5 Å². The molecule has 0 fully saturated rings. The first-order valence-electron chi connectivity index (χ1n) is 8.71. The molecule has 1 heterocycles. The monoisotopic (exact) mass is 394 g/mol. The van der Waals surface area contributed by atoms with Crippen LogP contribution in [0.1, 0.15) is 37.8 Å². The van der Waals surface area contributed by atoms with Crippen molar-refractivity contribution in [1.29, 1.82) is 0 Å². The van der Waals surface area contributed by atoms with E-state index in [1.54, 1.807) is 45.0 Å². The average Bonchev–Trinajstić information content (AvgIpc) is 2.95. The zero-order valence-electron chi connectivity index (χ0n) is 16.0. The number of esters is 1. The largest absolute Gasteiger partial charge is 0.465 e. The first-order chi connectivity index (χ1) is 13.8. The second-order valence-electron chi connectivity index (χ2n) is 6.39. The molecule has 0 radical (unpaired) electrons. The fourth-order valence-electron chi connectivity index (χ4n) is 2.82. The number of nitro groups is 1. The van der Waals surface area contributed by atoms with Gasteiger partial charge in [-0.25, -0.2) is 4.79 Å². The number of nitrogens with zero attached hydrogens (tertiary/aromatic N) is 1. The third-order valence-electron chi connectivity index (χ3n) is 4.41. The molecule has 0 spiro atoms. The fraction of sp³-hybridized carbons (Fsp3) is 0.143. The van der Waals surface area contributed by atoms with Crippen LogP contribution in [0.5, 0.6) is 5.75 Å². The minimum atomic E-state index is -0.565. The summed E-state index contributed by atoms with van der Waals surface area (Å²) in [6.07, 6.45) is 0. The number of hydrogen-bond donors (Lipinski definition) is 1. The highest BCUT2D eigenvalue weighted by atomic mass is 16.6. The number of carbonyl (C=O) groups is 2. The third-order valence-corrected chi connectivity index (χ3v) is 4.41. The van der Waals surface area contributed by atoms with Crippen LogP contribution < -0.4 is 10.1 Å². The van der Waals surface area contributed by atoms with Gasteiger partial charge in [0.15, 0.2) is 0 Å². The summed E-state index contributed by atoms with van der Waals surface area (Å²) >= 11 is 0. The van der Waals surface area contributed by atoms with Crippen LogP contribution in [0.25, 0.3) is 0 Å². The standard InChI is InChI=1S/C21H18N2O6/c1-12-13(2)28-14(3)19(12)21(25)29-18-9-7-16(8-10-18)22-20(24)15-5-4-6-17(11-15)23(26)27/h4-11H,1-3H3,(H,22,24). The topological polar surface area (TPSA) is 112 Å². The van der Waals surface area contributed by atoms with Gasteiger partial charge in [-0.05, 0) is 51.1 Å². The van der Waals surface area contributed by atoms with Crippen LogP contribution >= 0.6 is 0 Å². The second-order valence-corrected chi connectivity index (χ2v) is 6.39. The van der Waals surface area contributed by atoms with Crippen molar-refractivity contribution in [3.8, 4) is 5.75 Å². The molecule has 0 aliphatic carbocycles. The molecular weight excluding hydrogens is 376 g/mol. The molecule has 0 atom stereocenters. The maximum absolute atomic E-state index is 12.4. The Morgan fingerprint density at radius 1 is 1.03 bits per heavy atom. The fourth-order valence-corrected chi connectivity index (χ4v) is 2.82. The Morgan fingerprint density at radius 2 is 1.72 bits per heavy atom. The number of benzene rings is 2. The van der Waals surface area contributed by atoms with Crippen molar-refractivity contribution in [1.82, 2.24) is 0 Å². The minimum absolute atomic E-state index is 0.163. The third kappa shape index (κ3) is 4.32. The summed E-state index contributed by atoms with van der Waals surface area (Å²) in [4.78, 5) is 34.9. The lowest BCUT2D eigenvalue weighted by molar-refractivity contribution is -0.384. The zero-order chi connectivity index (χ0) is 21.1. The van der Waals surface area contributed by atoms with Gasteiger partial charge in [-0.15, -0.1) is 0 Å². The van der Waals surface area contributed by atoms with Crippen LogP contribution in [0.15, 0.2) is 52.9 Å². The number of aryl methyl sites for hydroxylation is 2. The van der Waals surface area contributed by atoms with E-state index < -0.39 is 16.8 Å². The van der Waals surface area contributed by atoms with E-state index in [0.717, 1.165) is 5.56 Å². The van der Waals surface area contributed by atoms with E-state index in [2.05, 4.69) is 5.32 Å². The van der Waals surface area contributed by atoms with Gasteiger partial charge in [-0.1, -0.05) is 6.07 Å². The van der Waals surface area contributed by atoms with Gasteiger partial charge in [0.1, 0.15) is 22.8 Å². The van der Waals surface area contributed by atoms with Gasteiger partial charge in [0.2, 0.25) is 0 Å². The molecule has 0 bridgehead atoms. The van der Waals surface area contributed by atoms with E-state index in [-0.39, 0.29) is 11.3 Å². The summed E-state index contributed by atoms with van der Waals surface area (Å²) in [5.41, 5.74) is 1.57. The molecule has 1 amide bonds. The van der Waals surface area contributed by atoms with Gasteiger partial charge in [0.05, 0.1) is 4.92 Å². The molecule has 8 heteroatoms. The molecule has 0 saturated heterocycles. The quantitative estimate of drug-likeness (QED) is 0.293. The summed E-state index contributed by atoms with van der Waals surface area (Å²) in [5.74, 6) is 0.448. The molecule has 1 N–H and O–H groups in total. The Morgan fingerprint density at radius 3 is 2.31 bits per heavy atom. The number of hydrogen-bond acceptors (Lipinski definition) is 6. The van der Waals surface area contributed by atoms with Crippen LogP contribution in [0, 0.1) is 30.9 Å². The summed E-state index contributed by atoms with van der Waals surface area (Å²) in [6, 6.07) is 11.6. The SMILES string of the molecule is Cc1oc(C)c(C(=O)Oc2ccc(NC(=O)c3cccc([N+](=O)[O-])c3)cc2)c1C. The zero-order valence-corrected chi connectivity index (χ0v) is 16.0. The van der Waals surface area contributed by atoms with Gasteiger partial charge in [-0.3, -0.25) is 14.9 Å². The number of furan rings is 1. The van der Waals surface area contributed by atoms with Crippen LogP contribution in [0.2, 0.25) is 0 Å². The predicted molar refractivity (Wildman–Crippen MR) is 105 cm³/mol. The number of nitrogens with one attached hydrogen (secondary N) is 1. The summed E-state index contributed by atoms with van der Waals surface area (Å²) in [5, 5.41) is 13.5. The molecule has 3 aromatic rings. The Bertz CT molecular complexity index is 1100. The van der Waals surface area contributed by atoms with Crippen molar-refractivity contribution in [2.45, 2.75) is 20.8 Å². The lowest BCUT2D eigenvalue weighted by Crippen LogP contribution is -2.12. The predicted octanol–water partition coefficient (Wildman–Crippen LogP) is 4.58. The van der Waals surface area contributed by atoms with Crippen molar-refractivity contribution >= 4 is 23.3 Å². The number of rotatable bonds is 5. The molecule has 0 unspecified atom stereocenters. The number of nitro benzene ring substituents is 1. The molecule has 3 rings (SSSR count). The van der Waals surface area contributed by atoms with Gasteiger partial charge in [0, 0.05) is 28.9 Å². The van der Waals surface area contributed by atoms with E-state index in [0.29, 0.717) is 28.5 Å². The summed E-state index contributed by atoms with van der Waals surface area (Å²) in [7, 11) is 0. The maximum atomic E-state index is 12.4. The van der Waals surface area contributed by atoms with E-state index >= 15 is 0 Å².